The topological polar surface area (TPSA) is 46.2 Å². The Bertz CT molecular complexity index is 942. The van der Waals surface area contributed by atoms with Gasteiger partial charge in [0, 0.05) is 5.69 Å². The summed E-state index contributed by atoms with van der Waals surface area (Å²) in [4.78, 5) is 0. The molecule has 0 amide bonds. The molecule has 0 fully saturated rings. The van der Waals surface area contributed by atoms with Gasteiger partial charge in [-0.25, -0.2) is 0 Å². The van der Waals surface area contributed by atoms with Gasteiger partial charge in [-0.2, -0.15) is 0 Å². The van der Waals surface area contributed by atoms with Gasteiger partial charge in [-0.1, -0.05) is 61.5 Å². The van der Waals surface area contributed by atoms with E-state index in [1.807, 2.05) is 30.3 Å². The third-order valence-electron chi connectivity index (χ3n) is 4.86. The van der Waals surface area contributed by atoms with E-state index in [2.05, 4.69) is 43.3 Å². The van der Waals surface area contributed by atoms with Gasteiger partial charge in [0.2, 0.25) is 0 Å². The molecule has 120 valence electrons. The molecule has 0 aromatic heterocycles. The van der Waals surface area contributed by atoms with Crippen molar-refractivity contribution in [2.24, 2.45) is 5.92 Å². The van der Waals surface area contributed by atoms with E-state index in [-0.39, 0.29) is 0 Å². The minimum absolute atomic E-state index is 0.524. The van der Waals surface area contributed by atoms with E-state index in [9.17, 15) is 5.11 Å². The van der Waals surface area contributed by atoms with Gasteiger partial charge in [0.1, 0.15) is 6.10 Å². The minimum atomic E-state index is -0.676. The number of rotatable bonds is 2. The van der Waals surface area contributed by atoms with Crippen molar-refractivity contribution in [3.05, 3.63) is 82.9 Å². The number of allylic oxidation sites excluding steroid dienone is 1. The minimum Gasteiger partial charge on any atom is -0.399 e. The van der Waals surface area contributed by atoms with Crippen molar-refractivity contribution in [3.63, 3.8) is 0 Å². The summed E-state index contributed by atoms with van der Waals surface area (Å²) in [5.74, 6) is 0.524. The van der Waals surface area contributed by atoms with Crippen LogP contribution in [0.3, 0.4) is 0 Å². The molecule has 0 heterocycles. The van der Waals surface area contributed by atoms with E-state index in [4.69, 9.17) is 5.73 Å². The van der Waals surface area contributed by atoms with Gasteiger partial charge in [-0.05, 0) is 57.5 Å². The SMILES string of the molecule is CC1C=Cc2c(cc(C(O)c3cccc(N)c3)c3ccccc23)C1. The van der Waals surface area contributed by atoms with Gasteiger partial charge in [0.25, 0.3) is 0 Å². The van der Waals surface area contributed by atoms with Crippen molar-refractivity contribution in [2.75, 3.05) is 5.73 Å². The Balaban J connectivity index is 1.94. The van der Waals surface area contributed by atoms with Crippen LogP contribution in [0.25, 0.3) is 16.8 Å². The van der Waals surface area contributed by atoms with E-state index >= 15 is 0 Å². The average molecular weight is 315 g/mol. The number of nitrogens with two attached hydrogens (primary N) is 1. The lowest BCUT2D eigenvalue weighted by atomic mass is 9.84. The maximum absolute atomic E-state index is 11.0. The van der Waals surface area contributed by atoms with Crippen LogP contribution < -0.4 is 5.73 Å². The molecule has 2 heteroatoms. The molecule has 0 aliphatic heterocycles. The number of nitrogen functional groups attached to an aromatic ring is 1. The zero-order chi connectivity index (χ0) is 16.7. The fourth-order valence-electron chi connectivity index (χ4n) is 3.66. The molecule has 0 saturated carbocycles. The average Bonchev–Trinajstić information content (AvgIpc) is 2.60. The number of fused-ring (bicyclic) bond motifs is 3. The third-order valence-corrected chi connectivity index (χ3v) is 4.86. The summed E-state index contributed by atoms with van der Waals surface area (Å²) in [5, 5.41) is 13.3. The second kappa shape index (κ2) is 5.81. The number of aliphatic hydroxyl groups is 1. The molecule has 0 bridgehead atoms. The molecule has 2 unspecified atom stereocenters. The maximum atomic E-state index is 11.0. The Labute approximate surface area is 142 Å². The normalized spacial score (nSPS) is 17.7. The smallest absolute Gasteiger partial charge is 0.105 e. The van der Waals surface area contributed by atoms with E-state index in [1.165, 1.54) is 16.5 Å². The van der Waals surface area contributed by atoms with Crippen molar-refractivity contribution in [1.82, 2.24) is 0 Å². The Kier molecular flexibility index (Phi) is 3.62. The fraction of sp³-hybridized carbons (Fsp3) is 0.182. The molecule has 0 saturated heterocycles. The Morgan fingerprint density at radius 3 is 2.62 bits per heavy atom. The maximum Gasteiger partial charge on any atom is 0.105 e. The highest BCUT2D eigenvalue weighted by molar-refractivity contribution is 5.95. The first kappa shape index (κ1) is 15.0. The molecule has 3 aromatic carbocycles. The van der Waals surface area contributed by atoms with Crippen molar-refractivity contribution < 1.29 is 5.11 Å². The molecule has 1 aliphatic carbocycles. The summed E-state index contributed by atoms with van der Waals surface area (Å²) < 4.78 is 0. The molecule has 0 radical (unpaired) electrons. The van der Waals surface area contributed by atoms with E-state index in [0.717, 1.165) is 22.9 Å². The quantitative estimate of drug-likeness (QED) is 0.673. The lowest BCUT2D eigenvalue weighted by Crippen LogP contribution is -2.08. The van der Waals surface area contributed by atoms with Crippen molar-refractivity contribution >= 4 is 22.5 Å². The predicted octanol–water partition coefficient (Wildman–Crippen LogP) is 4.71. The summed E-state index contributed by atoms with van der Waals surface area (Å²) >= 11 is 0. The first-order valence-corrected chi connectivity index (χ1v) is 8.39. The Morgan fingerprint density at radius 2 is 1.83 bits per heavy atom. The van der Waals surface area contributed by atoms with Gasteiger partial charge < -0.3 is 10.8 Å². The predicted molar refractivity (Wildman–Crippen MR) is 101 cm³/mol. The van der Waals surface area contributed by atoms with Gasteiger partial charge in [0.05, 0.1) is 0 Å². The molecule has 2 atom stereocenters. The first-order chi connectivity index (χ1) is 11.6. The van der Waals surface area contributed by atoms with Crippen LogP contribution in [0.4, 0.5) is 5.69 Å². The number of aliphatic hydroxyl groups excluding tert-OH is 1. The van der Waals surface area contributed by atoms with E-state index in [1.54, 1.807) is 0 Å². The Hall–Kier alpha value is -2.58. The van der Waals surface area contributed by atoms with Gasteiger partial charge in [-0.3, -0.25) is 0 Å². The summed E-state index contributed by atoms with van der Waals surface area (Å²) in [6.07, 6.45) is 4.82. The van der Waals surface area contributed by atoms with Crippen LogP contribution in [-0.2, 0) is 6.42 Å². The molecule has 24 heavy (non-hydrogen) atoms. The van der Waals surface area contributed by atoms with Gasteiger partial charge in [-0.15, -0.1) is 0 Å². The van der Waals surface area contributed by atoms with Crippen LogP contribution >= 0.6 is 0 Å². The molecule has 3 aromatic rings. The van der Waals surface area contributed by atoms with Crippen LogP contribution in [0, 0.1) is 5.92 Å². The molecule has 3 N–H and O–H groups in total. The third kappa shape index (κ3) is 2.49. The fourth-order valence-corrected chi connectivity index (χ4v) is 3.66. The number of hydrogen-bond acceptors (Lipinski definition) is 2. The lowest BCUT2D eigenvalue weighted by molar-refractivity contribution is 0.222. The van der Waals surface area contributed by atoms with Gasteiger partial charge in [0.15, 0.2) is 0 Å². The zero-order valence-corrected chi connectivity index (χ0v) is 13.7. The molecular formula is C22H21NO. The second-order valence-electron chi connectivity index (χ2n) is 6.70. The first-order valence-electron chi connectivity index (χ1n) is 8.39. The number of anilines is 1. The summed E-state index contributed by atoms with van der Waals surface area (Å²) in [5.41, 5.74) is 10.9. The van der Waals surface area contributed by atoms with Crippen LogP contribution in [0.2, 0.25) is 0 Å². The highest BCUT2D eigenvalue weighted by Crippen LogP contribution is 2.36. The van der Waals surface area contributed by atoms with Crippen molar-refractivity contribution in [2.45, 2.75) is 19.4 Å². The molecule has 2 nitrogen and oxygen atoms in total. The summed E-state index contributed by atoms with van der Waals surface area (Å²) in [7, 11) is 0. The monoisotopic (exact) mass is 315 g/mol. The molecule has 0 spiro atoms. The second-order valence-corrected chi connectivity index (χ2v) is 6.70. The summed E-state index contributed by atoms with van der Waals surface area (Å²) in [6.45, 7) is 2.22. The highest BCUT2D eigenvalue weighted by atomic mass is 16.3. The largest absolute Gasteiger partial charge is 0.399 e. The van der Waals surface area contributed by atoms with Crippen LogP contribution in [0.5, 0.6) is 0 Å². The van der Waals surface area contributed by atoms with Crippen molar-refractivity contribution in [3.8, 4) is 0 Å². The molecule has 4 rings (SSSR count). The highest BCUT2D eigenvalue weighted by Gasteiger charge is 2.20. The number of benzene rings is 3. The van der Waals surface area contributed by atoms with Crippen molar-refractivity contribution in [1.29, 1.82) is 0 Å². The zero-order valence-electron chi connectivity index (χ0n) is 13.7. The number of hydrogen-bond donors (Lipinski definition) is 2. The standard InChI is InChI=1S/C22H21NO/c1-14-9-10-18-16(11-14)13-21(20-8-3-2-7-19(18)20)22(24)15-5-4-6-17(23)12-15/h2-10,12-14,22,24H,11,23H2,1H3. The lowest BCUT2D eigenvalue weighted by Gasteiger charge is -2.22. The molecule has 1 aliphatic rings. The Morgan fingerprint density at radius 1 is 1.04 bits per heavy atom. The van der Waals surface area contributed by atoms with Crippen LogP contribution in [0.1, 0.15) is 35.3 Å². The van der Waals surface area contributed by atoms with Crippen LogP contribution in [0.15, 0.2) is 60.7 Å². The van der Waals surface area contributed by atoms with E-state index in [0.29, 0.717) is 11.6 Å². The van der Waals surface area contributed by atoms with Crippen LogP contribution in [-0.4, -0.2) is 5.11 Å². The van der Waals surface area contributed by atoms with E-state index < -0.39 is 6.10 Å². The van der Waals surface area contributed by atoms with Gasteiger partial charge >= 0.3 is 0 Å². The summed E-state index contributed by atoms with van der Waals surface area (Å²) in [6, 6.07) is 18.0. The molecular weight excluding hydrogens is 294 g/mol.